The van der Waals surface area contributed by atoms with Crippen LogP contribution in [0.15, 0.2) is 0 Å². The average Bonchev–Trinajstić information content (AvgIpc) is 2.31. The highest BCUT2D eigenvalue weighted by Gasteiger charge is 2.28. The molecule has 2 N–H and O–H groups in total. The fourth-order valence-electron chi connectivity index (χ4n) is 2.91. The van der Waals surface area contributed by atoms with E-state index in [1.54, 1.807) is 0 Å². The number of nitrogens with zero attached hydrogens (tertiary/aromatic N) is 1. The summed E-state index contributed by atoms with van der Waals surface area (Å²) in [5.74, 6) is 1.47. The second-order valence-electron chi connectivity index (χ2n) is 6.70. The van der Waals surface area contributed by atoms with E-state index >= 15 is 0 Å². The lowest BCUT2D eigenvalue weighted by Gasteiger charge is -2.40. The fraction of sp³-hybridized carbons (Fsp3) is 1.00. The Morgan fingerprint density at radius 2 is 1.82 bits per heavy atom. The Bertz CT molecular complexity index is 205. The first-order valence-corrected chi connectivity index (χ1v) is 7.41. The van der Waals surface area contributed by atoms with Crippen molar-refractivity contribution in [1.29, 1.82) is 0 Å². The third kappa shape index (κ3) is 4.97. The van der Waals surface area contributed by atoms with E-state index in [1.807, 2.05) is 0 Å². The maximum Gasteiger partial charge on any atom is 0.00218 e. The van der Waals surface area contributed by atoms with Gasteiger partial charge < -0.3 is 10.6 Å². The van der Waals surface area contributed by atoms with Crippen LogP contribution in [0.2, 0.25) is 0 Å². The Morgan fingerprint density at radius 3 is 2.24 bits per heavy atom. The molecule has 1 atom stereocenters. The van der Waals surface area contributed by atoms with Gasteiger partial charge >= 0.3 is 0 Å². The van der Waals surface area contributed by atoms with Gasteiger partial charge in [0.15, 0.2) is 0 Å². The molecule has 2 nitrogen and oxygen atoms in total. The third-order valence-electron chi connectivity index (χ3n) is 4.57. The summed E-state index contributed by atoms with van der Waals surface area (Å²) in [4.78, 5) is 2.64. The predicted molar refractivity (Wildman–Crippen MR) is 76.1 cm³/mol. The van der Waals surface area contributed by atoms with Gasteiger partial charge in [0, 0.05) is 6.54 Å². The Hall–Kier alpha value is -0.0800. The van der Waals surface area contributed by atoms with Crippen LogP contribution in [-0.2, 0) is 0 Å². The SMILES string of the molecule is CCC1(C)CCN(CC(CN)CC(C)C)CC1. The third-order valence-corrected chi connectivity index (χ3v) is 4.57. The first-order valence-electron chi connectivity index (χ1n) is 7.41. The van der Waals surface area contributed by atoms with Crippen molar-refractivity contribution in [2.24, 2.45) is 23.0 Å². The molecule has 0 aliphatic carbocycles. The Labute approximate surface area is 108 Å². The van der Waals surface area contributed by atoms with Crippen molar-refractivity contribution >= 4 is 0 Å². The minimum Gasteiger partial charge on any atom is -0.330 e. The Balaban J connectivity index is 2.33. The lowest BCUT2D eigenvalue weighted by Crippen LogP contribution is -2.42. The molecule has 102 valence electrons. The highest BCUT2D eigenvalue weighted by atomic mass is 15.1. The minimum atomic E-state index is 0.604. The molecule has 0 aromatic heterocycles. The van der Waals surface area contributed by atoms with E-state index in [2.05, 4.69) is 32.6 Å². The molecular formula is C15H32N2. The molecule has 0 aromatic carbocycles. The summed E-state index contributed by atoms with van der Waals surface area (Å²) in [6, 6.07) is 0. The molecule has 17 heavy (non-hydrogen) atoms. The molecule has 2 heteroatoms. The van der Waals surface area contributed by atoms with Gasteiger partial charge in [-0.15, -0.1) is 0 Å². The molecule has 0 amide bonds. The van der Waals surface area contributed by atoms with E-state index in [1.165, 1.54) is 45.3 Å². The minimum absolute atomic E-state index is 0.604. The number of rotatable bonds is 6. The van der Waals surface area contributed by atoms with Gasteiger partial charge in [0.25, 0.3) is 0 Å². The molecule has 1 saturated heterocycles. The quantitative estimate of drug-likeness (QED) is 0.773. The van der Waals surface area contributed by atoms with Crippen LogP contribution in [0.4, 0.5) is 0 Å². The molecule has 0 radical (unpaired) electrons. The van der Waals surface area contributed by atoms with E-state index in [9.17, 15) is 0 Å². The maximum atomic E-state index is 5.89. The first kappa shape index (κ1) is 15.0. The summed E-state index contributed by atoms with van der Waals surface area (Å²) in [6.07, 6.45) is 5.33. The van der Waals surface area contributed by atoms with Gasteiger partial charge in [-0.1, -0.05) is 34.1 Å². The second-order valence-corrected chi connectivity index (χ2v) is 6.70. The first-order chi connectivity index (χ1) is 7.99. The van der Waals surface area contributed by atoms with Crippen LogP contribution in [0.5, 0.6) is 0 Å². The van der Waals surface area contributed by atoms with E-state index in [0.717, 1.165) is 12.5 Å². The lowest BCUT2D eigenvalue weighted by atomic mass is 9.78. The predicted octanol–water partition coefficient (Wildman–Crippen LogP) is 3.12. The molecule has 0 saturated carbocycles. The molecule has 1 fully saturated rings. The summed E-state index contributed by atoms with van der Waals surface area (Å²) >= 11 is 0. The largest absolute Gasteiger partial charge is 0.330 e. The molecule has 0 aromatic rings. The fourth-order valence-corrected chi connectivity index (χ4v) is 2.91. The highest BCUT2D eigenvalue weighted by molar-refractivity contribution is 4.82. The highest BCUT2D eigenvalue weighted by Crippen LogP contribution is 2.34. The van der Waals surface area contributed by atoms with Crippen LogP contribution in [-0.4, -0.2) is 31.1 Å². The van der Waals surface area contributed by atoms with Crippen molar-refractivity contribution in [3.05, 3.63) is 0 Å². The summed E-state index contributed by atoms with van der Waals surface area (Å²) in [6.45, 7) is 14.0. The Kier molecular flexibility index (Phi) is 5.94. The van der Waals surface area contributed by atoms with Gasteiger partial charge in [-0.25, -0.2) is 0 Å². The van der Waals surface area contributed by atoms with Gasteiger partial charge in [0.05, 0.1) is 0 Å². The normalized spacial score (nSPS) is 22.9. The number of likely N-dealkylation sites (tertiary alicyclic amines) is 1. The van der Waals surface area contributed by atoms with Crippen molar-refractivity contribution in [2.45, 2.75) is 53.4 Å². The van der Waals surface area contributed by atoms with E-state index in [0.29, 0.717) is 11.3 Å². The summed E-state index contributed by atoms with van der Waals surface area (Å²) in [5.41, 5.74) is 6.49. The topological polar surface area (TPSA) is 29.3 Å². The van der Waals surface area contributed by atoms with Crippen molar-refractivity contribution in [3.8, 4) is 0 Å². The average molecular weight is 240 g/mol. The zero-order chi connectivity index (χ0) is 12.9. The molecular weight excluding hydrogens is 208 g/mol. The molecule has 1 aliphatic rings. The number of hydrogen-bond acceptors (Lipinski definition) is 2. The summed E-state index contributed by atoms with van der Waals surface area (Å²) in [5, 5.41) is 0. The standard InChI is InChI=1S/C15H32N2/c1-5-15(4)6-8-17(9-7-15)12-14(11-16)10-13(2)3/h13-14H,5-12,16H2,1-4H3. The summed E-state index contributed by atoms with van der Waals surface area (Å²) in [7, 11) is 0. The number of hydrogen-bond donors (Lipinski definition) is 1. The van der Waals surface area contributed by atoms with E-state index < -0.39 is 0 Å². The van der Waals surface area contributed by atoms with Gasteiger partial charge in [0.1, 0.15) is 0 Å². The smallest absolute Gasteiger partial charge is 0.00218 e. The van der Waals surface area contributed by atoms with Crippen molar-refractivity contribution in [2.75, 3.05) is 26.2 Å². The number of nitrogens with two attached hydrogens (primary N) is 1. The van der Waals surface area contributed by atoms with Gasteiger partial charge in [-0.05, 0) is 56.1 Å². The van der Waals surface area contributed by atoms with E-state index in [4.69, 9.17) is 5.73 Å². The van der Waals surface area contributed by atoms with Gasteiger partial charge in [-0.3, -0.25) is 0 Å². The molecule has 1 heterocycles. The zero-order valence-corrected chi connectivity index (χ0v) is 12.3. The van der Waals surface area contributed by atoms with Gasteiger partial charge in [-0.2, -0.15) is 0 Å². The molecule has 1 unspecified atom stereocenters. The van der Waals surface area contributed by atoms with Crippen LogP contribution in [0.3, 0.4) is 0 Å². The van der Waals surface area contributed by atoms with Crippen LogP contribution >= 0.6 is 0 Å². The maximum absolute atomic E-state index is 5.89. The molecule has 1 aliphatic heterocycles. The van der Waals surface area contributed by atoms with Gasteiger partial charge in [0.2, 0.25) is 0 Å². The van der Waals surface area contributed by atoms with Crippen LogP contribution in [0, 0.1) is 17.3 Å². The van der Waals surface area contributed by atoms with Crippen molar-refractivity contribution < 1.29 is 0 Å². The molecule has 1 rings (SSSR count). The van der Waals surface area contributed by atoms with E-state index in [-0.39, 0.29) is 0 Å². The van der Waals surface area contributed by atoms with Crippen molar-refractivity contribution in [3.63, 3.8) is 0 Å². The second kappa shape index (κ2) is 6.75. The molecule has 0 spiro atoms. The van der Waals surface area contributed by atoms with Crippen LogP contribution in [0.25, 0.3) is 0 Å². The number of piperidine rings is 1. The zero-order valence-electron chi connectivity index (χ0n) is 12.3. The Morgan fingerprint density at radius 1 is 1.24 bits per heavy atom. The van der Waals surface area contributed by atoms with Crippen LogP contribution in [0.1, 0.15) is 53.4 Å². The summed E-state index contributed by atoms with van der Waals surface area (Å²) < 4.78 is 0. The van der Waals surface area contributed by atoms with Crippen molar-refractivity contribution in [1.82, 2.24) is 4.90 Å². The molecule has 0 bridgehead atoms. The monoisotopic (exact) mass is 240 g/mol. The lowest BCUT2D eigenvalue weighted by molar-refractivity contribution is 0.0988. The van der Waals surface area contributed by atoms with Crippen LogP contribution < -0.4 is 5.73 Å².